The molecule has 1 amide bonds. The second kappa shape index (κ2) is 5.83. The number of carbonyl (C=O) groups is 1. The van der Waals surface area contributed by atoms with Gasteiger partial charge < -0.3 is 14.4 Å². The molecule has 1 aromatic rings. The quantitative estimate of drug-likeness (QED) is 0.828. The average molecular weight is 275 g/mol. The molecular weight excluding hydrogens is 254 g/mol. The van der Waals surface area contributed by atoms with E-state index in [2.05, 4.69) is 0 Å². The van der Waals surface area contributed by atoms with Crippen LogP contribution in [0.1, 0.15) is 29.6 Å². The van der Waals surface area contributed by atoms with E-state index >= 15 is 0 Å². The molecule has 4 nitrogen and oxygen atoms in total. The van der Waals surface area contributed by atoms with Gasteiger partial charge in [0.15, 0.2) is 0 Å². The van der Waals surface area contributed by atoms with Crippen molar-refractivity contribution in [2.45, 2.75) is 25.3 Å². The Bertz CT molecular complexity index is 478. The number of nitrogens with zero attached hydrogens (tertiary/aromatic N) is 1. The number of hydrogen-bond acceptors (Lipinski definition) is 3. The lowest BCUT2D eigenvalue weighted by Gasteiger charge is -2.25. The maximum absolute atomic E-state index is 12.7. The number of ether oxygens (including phenoxy) is 2. The van der Waals surface area contributed by atoms with Gasteiger partial charge in [0.25, 0.3) is 5.91 Å². The van der Waals surface area contributed by atoms with Gasteiger partial charge in [-0.05, 0) is 37.5 Å². The van der Waals surface area contributed by atoms with Crippen molar-refractivity contribution in [3.05, 3.63) is 29.8 Å². The molecule has 108 valence electrons. The van der Waals surface area contributed by atoms with E-state index in [1.807, 2.05) is 29.2 Å². The molecule has 2 fully saturated rings. The van der Waals surface area contributed by atoms with E-state index in [4.69, 9.17) is 9.47 Å². The maximum atomic E-state index is 12.7. The van der Waals surface area contributed by atoms with E-state index in [0.29, 0.717) is 12.0 Å². The molecule has 1 saturated heterocycles. The first kappa shape index (κ1) is 13.4. The minimum absolute atomic E-state index is 0.123. The number of benzene rings is 1. The molecule has 1 heterocycles. The monoisotopic (exact) mass is 275 g/mol. The molecular formula is C16H21NO3. The number of methoxy groups -OCH3 is 1. The molecule has 1 atom stereocenters. The Balaban J connectivity index is 1.74. The predicted molar refractivity (Wildman–Crippen MR) is 76.0 cm³/mol. The fourth-order valence-corrected chi connectivity index (χ4v) is 2.71. The summed E-state index contributed by atoms with van der Waals surface area (Å²) in [4.78, 5) is 14.7. The summed E-state index contributed by atoms with van der Waals surface area (Å²) in [7, 11) is 1.62. The summed E-state index contributed by atoms with van der Waals surface area (Å²) in [6.07, 6.45) is 3.32. The zero-order chi connectivity index (χ0) is 13.9. The van der Waals surface area contributed by atoms with Gasteiger partial charge in [-0.25, -0.2) is 0 Å². The molecule has 2 aliphatic rings. The van der Waals surface area contributed by atoms with Crippen molar-refractivity contribution in [1.82, 2.24) is 4.90 Å². The molecule has 4 heteroatoms. The van der Waals surface area contributed by atoms with Crippen LogP contribution in [0, 0.1) is 5.92 Å². The highest BCUT2D eigenvalue weighted by atomic mass is 16.5. The van der Waals surface area contributed by atoms with E-state index in [-0.39, 0.29) is 5.91 Å². The molecule has 0 aromatic heterocycles. The lowest BCUT2D eigenvalue weighted by molar-refractivity contribution is 0.0706. The number of rotatable bonds is 5. The Morgan fingerprint density at radius 2 is 2.25 bits per heavy atom. The third-order valence-corrected chi connectivity index (χ3v) is 4.04. The van der Waals surface area contributed by atoms with Gasteiger partial charge in [0.2, 0.25) is 0 Å². The first-order chi connectivity index (χ1) is 9.78. The van der Waals surface area contributed by atoms with Crippen LogP contribution in [0.2, 0.25) is 0 Å². The van der Waals surface area contributed by atoms with Gasteiger partial charge in [-0.3, -0.25) is 4.79 Å². The number of carbonyl (C=O) groups excluding carboxylic acids is 1. The van der Waals surface area contributed by atoms with Crippen LogP contribution >= 0.6 is 0 Å². The van der Waals surface area contributed by atoms with Crippen LogP contribution in [-0.4, -0.2) is 43.7 Å². The molecule has 0 spiro atoms. The first-order valence-corrected chi connectivity index (χ1v) is 7.30. The summed E-state index contributed by atoms with van der Waals surface area (Å²) in [5.41, 5.74) is 0.718. The maximum Gasteiger partial charge on any atom is 0.254 e. The second-order valence-corrected chi connectivity index (χ2v) is 5.65. The molecule has 20 heavy (non-hydrogen) atoms. The van der Waals surface area contributed by atoms with Gasteiger partial charge in [-0.1, -0.05) is 6.07 Å². The summed E-state index contributed by atoms with van der Waals surface area (Å²) in [5, 5.41) is 0. The Morgan fingerprint density at radius 1 is 1.40 bits per heavy atom. The molecule has 1 saturated carbocycles. The molecule has 1 aromatic carbocycles. The lowest BCUT2D eigenvalue weighted by Crippen LogP contribution is -2.37. The summed E-state index contributed by atoms with van der Waals surface area (Å²) >= 11 is 0. The van der Waals surface area contributed by atoms with Gasteiger partial charge in [-0.2, -0.15) is 0 Å². The summed E-state index contributed by atoms with van der Waals surface area (Å²) in [6.45, 7) is 2.44. The van der Waals surface area contributed by atoms with Crippen LogP contribution in [0.5, 0.6) is 5.75 Å². The van der Waals surface area contributed by atoms with E-state index in [1.54, 1.807) is 7.11 Å². The van der Waals surface area contributed by atoms with E-state index in [1.165, 1.54) is 0 Å². The molecule has 1 aliphatic heterocycles. The third-order valence-electron chi connectivity index (χ3n) is 4.04. The van der Waals surface area contributed by atoms with Gasteiger partial charge in [0.1, 0.15) is 5.75 Å². The van der Waals surface area contributed by atoms with Crippen LogP contribution in [0.4, 0.5) is 0 Å². The van der Waals surface area contributed by atoms with Crippen molar-refractivity contribution >= 4 is 5.91 Å². The van der Waals surface area contributed by atoms with Crippen molar-refractivity contribution < 1.29 is 14.3 Å². The van der Waals surface area contributed by atoms with Crippen molar-refractivity contribution in [3.63, 3.8) is 0 Å². The zero-order valence-electron chi connectivity index (χ0n) is 11.9. The number of amides is 1. The minimum atomic E-state index is 0.123. The van der Waals surface area contributed by atoms with Crippen molar-refractivity contribution in [2.24, 2.45) is 5.92 Å². The highest BCUT2D eigenvalue weighted by molar-refractivity contribution is 5.95. The van der Waals surface area contributed by atoms with Crippen molar-refractivity contribution in [2.75, 3.05) is 26.9 Å². The minimum Gasteiger partial charge on any atom is -0.497 e. The van der Waals surface area contributed by atoms with Crippen LogP contribution in [-0.2, 0) is 4.74 Å². The Morgan fingerprint density at radius 3 is 2.90 bits per heavy atom. The fraction of sp³-hybridized carbons (Fsp3) is 0.562. The number of hydrogen-bond donors (Lipinski definition) is 0. The standard InChI is InChI=1S/C16H21NO3/c1-19-15-4-2-3-13(9-15)16(18)17(14-5-6-14)10-12-7-8-20-11-12/h2-4,9,12,14H,5-8,10-11H2,1H3. The molecule has 0 radical (unpaired) electrons. The first-order valence-electron chi connectivity index (χ1n) is 7.30. The third kappa shape index (κ3) is 2.96. The fourth-order valence-electron chi connectivity index (χ4n) is 2.71. The molecule has 1 aliphatic carbocycles. The van der Waals surface area contributed by atoms with Gasteiger partial charge >= 0.3 is 0 Å². The highest BCUT2D eigenvalue weighted by Gasteiger charge is 2.35. The highest BCUT2D eigenvalue weighted by Crippen LogP contribution is 2.30. The molecule has 1 unspecified atom stereocenters. The molecule has 0 N–H and O–H groups in total. The summed E-state index contributed by atoms with van der Waals surface area (Å²) in [5.74, 6) is 1.35. The van der Waals surface area contributed by atoms with Gasteiger partial charge in [-0.15, -0.1) is 0 Å². The lowest BCUT2D eigenvalue weighted by atomic mass is 10.1. The van der Waals surface area contributed by atoms with E-state index in [9.17, 15) is 4.79 Å². The second-order valence-electron chi connectivity index (χ2n) is 5.65. The predicted octanol–water partition coefficient (Wildman–Crippen LogP) is 2.34. The zero-order valence-corrected chi connectivity index (χ0v) is 11.9. The van der Waals surface area contributed by atoms with Crippen molar-refractivity contribution in [3.8, 4) is 5.75 Å². The average Bonchev–Trinajstić information content (AvgIpc) is 3.20. The van der Waals surface area contributed by atoms with Crippen LogP contribution < -0.4 is 4.74 Å². The summed E-state index contributed by atoms with van der Waals surface area (Å²) < 4.78 is 10.6. The molecule has 3 rings (SSSR count). The van der Waals surface area contributed by atoms with Crippen LogP contribution in [0.3, 0.4) is 0 Å². The van der Waals surface area contributed by atoms with E-state index < -0.39 is 0 Å². The SMILES string of the molecule is COc1cccc(C(=O)N(CC2CCOC2)C2CC2)c1. The Hall–Kier alpha value is -1.55. The van der Waals surface area contributed by atoms with Gasteiger partial charge in [0, 0.05) is 30.7 Å². The Labute approximate surface area is 119 Å². The normalized spacial score (nSPS) is 21.8. The van der Waals surface area contributed by atoms with Gasteiger partial charge in [0.05, 0.1) is 13.7 Å². The smallest absolute Gasteiger partial charge is 0.254 e. The van der Waals surface area contributed by atoms with Crippen LogP contribution in [0.15, 0.2) is 24.3 Å². The van der Waals surface area contributed by atoms with Crippen molar-refractivity contribution in [1.29, 1.82) is 0 Å². The van der Waals surface area contributed by atoms with Crippen LogP contribution in [0.25, 0.3) is 0 Å². The van der Waals surface area contributed by atoms with E-state index in [0.717, 1.165) is 50.3 Å². The Kier molecular flexibility index (Phi) is 3.92. The summed E-state index contributed by atoms with van der Waals surface area (Å²) in [6, 6.07) is 7.85. The largest absolute Gasteiger partial charge is 0.497 e. The molecule has 0 bridgehead atoms. The topological polar surface area (TPSA) is 38.8 Å².